The molecule has 0 aliphatic rings. The molecule has 1 rings (SSSR count). The van der Waals surface area contributed by atoms with Crippen LogP contribution in [0, 0.1) is 0 Å². The Morgan fingerprint density at radius 2 is 1.81 bits per heavy atom. The monoisotopic (exact) mass is 292 g/mol. The molecule has 1 aromatic carbocycles. The Balaban J connectivity index is 3.13. The van der Waals surface area contributed by atoms with Crippen LogP contribution in [-0.2, 0) is 0 Å². The molecule has 1 unspecified atom stereocenters. The normalized spacial score (nSPS) is 13.5. The maximum atomic E-state index is 5.96. The smallest absolute Gasteiger partial charge is 0.124 e. The predicted molar refractivity (Wildman–Crippen MR) is 91.0 cm³/mol. The first kappa shape index (κ1) is 18.0. The van der Waals surface area contributed by atoms with Gasteiger partial charge in [-0.15, -0.1) is 0 Å². The van der Waals surface area contributed by atoms with E-state index >= 15 is 0 Å². The molecular formula is C18H32N2O. The summed E-state index contributed by atoms with van der Waals surface area (Å²) in [6.45, 7) is 10.7. The average Bonchev–Trinajstić information content (AvgIpc) is 2.46. The van der Waals surface area contributed by atoms with E-state index in [0.29, 0.717) is 0 Å². The van der Waals surface area contributed by atoms with Gasteiger partial charge >= 0.3 is 0 Å². The van der Waals surface area contributed by atoms with Crippen molar-refractivity contribution in [3.8, 4) is 5.75 Å². The second kappa shape index (κ2) is 8.40. The molecule has 0 aromatic heterocycles. The van der Waals surface area contributed by atoms with Gasteiger partial charge in [-0.05, 0) is 53.4 Å². The van der Waals surface area contributed by atoms with Crippen LogP contribution < -0.4 is 10.1 Å². The predicted octanol–water partition coefficient (Wildman–Crippen LogP) is 3.86. The molecule has 3 heteroatoms. The van der Waals surface area contributed by atoms with E-state index in [1.54, 1.807) is 0 Å². The number of benzene rings is 1. The Morgan fingerprint density at radius 1 is 1.14 bits per heavy atom. The first-order valence-corrected chi connectivity index (χ1v) is 8.07. The fraction of sp³-hybridized carbons (Fsp3) is 0.667. The number of hydrogen-bond acceptors (Lipinski definition) is 3. The van der Waals surface area contributed by atoms with Gasteiger partial charge in [-0.1, -0.05) is 32.0 Å². The molecule has 0 spiro atoms. The van der Waals surface area contributed by atoms with Crippen LogP contribution in [0.5, 0.6) is 5.75 Å². The highest BCUT2D eigenvalue weighted by atomic mass is 16.5. The molecule has 0 aliphatic carbocycles. The van der Waals surface area contributed by atoms with Gasteiger partial charge in [-0.2, -0.15) is 0 Å². The molecule has 1 aromatic rings. The number of ether oxygens (including phenoxy) is 1. The maximum Gasteiger partial charge on any atom is 0.124 e. The lowest BCUT2D eigenvalue weighted by Crippen LogP contribution is -2.49. The van der Waals surface area contributed by atoms with Crippen LogP contribution in [0.3, 0.4) is 0 Å². The second-order valence-corrected chi connectivity index (χ2v) is 6.32. The summed E-state index contributed by atoms with van der Waals surface area (Å²) in [6.07, 6.45) is 2.15. The lowest BCUT2D eigenvalue weighted by atomic mass is 9.86. The fourth-order valence-corrected chi connectivity index (χ4v) is 2.35. The summed E-state index contributed by atoms with van der Waals surface area (Å²) in [6, 6.07) is 8.65. The van der Waals surface area contributed by atoms with E-state index in [-0.39, 0.29) is 11.6 Å². The van der Waals surface area contributed by atoms with E-state index in [1.807, 2.05) is 6.07 Å². The molecule has 0 heterocycles. The van der Waals surface area contributed by atoms with E-state index in [1.165, 1.54) is 5.56 Å². The van der Waals surface area contributed by atoms with Crippen molar-refractivity contribution < 1.29 is 4.74 Å². The quantitative estimate of drug-likeness (QED) is 0.748. The fourth-order valence-electron chi connectivity index (χ4n) is 2.35. The largest absolute Gasteiger partial charge is 0.493 e. The van der Waals surface area contributed by atoms with Crippen molar-refractivity contribution >= 4 is 0 Å². The molecule has 0 amide bonds. The minimum absolute atomic E-state index is 0.000841. The second-order valence-electron chi connectivity index (χ2n) is 6.32. The van der Waals surface area contributed by atoms with Crippen molar-refractivity contribution in [3.05, 3.63) is 29.8 Å². The minimum Gasteiger partial charge on any atom is -0.493 e. The molecule has 0 saturated heterocycles. The molecule has 0 bridgehead atoms. The van der Waals surface area contributed by atoms with Gasteiger partial charge < -0.3 is 15.0 Å². The van der Waals surface area contributed by atoms with E-state index in [9.17, 15) is 0 Å². The summed E-state index contributed by atoms with van der Waals surface area (Å²) < 4.78 is 5.96. The van der Waals surface area contributed by atoms with Crippen LogP contribution in [-0.4, -0.2) is 37.7 Å². The highest BCUT2D eigenvalue weighted by molar-refractivity contribution is 5.37. The van der Waals surface area contributed by atoms with E-state index in [0.717, 1.165) is 31.7 Å². The zero-order valence-corrected chi connectivity index (χ0v) is 14.6. The highest BCUT2D eigenvalue weighted by Crippen LogP contribution is 2.35. The molecule has 1 atom stereocenters. The van der Waals surface area contributed by atoms with Crippen molar-refractivity contribution in [2.75, 3.05) is 27.2 Å². The number of nitrogens with one attached hydrogen (secondary N) is 1. The molecule has 3 nitrogen and oxygen atoms in total. The van der Waals surface area contributed by atoms with Gasteiger partial charge in [0.15, 0.2) is 0 Å². The van der Waals surface area contributed by atoms with E-state index < -0.39 is 0 Å². The summed E-state index contributed by atoms with van der Waals surface area (Å²) in [7, 11) is 4.27. The molecule has 120 valence electrons. The zero-order valence-electron chi connectivity index (χ0n) is 14.6. The third kappa shape index (κ3) is 4.72. The molecule has 0 fully saturated rings. The van der Waals surface area contributed by atoms with Crippen LogP contribution in [0.15, 0.2) is 24.3 Å². The molecular weight excluding hydrogens is 260 g/mol. The lowest BCUT2D eigenvalue weighted by Gasteiger charge is -2.41. The van der Waals surface area contributed by atoms with Gasteiger partial charge in [0, 0.05) is 11.1 Å². The summed E-state index contributed by atoms with van der Waals surface area (Å²) in [5.74, 6) is 1.00. The Labute approximate surface area is 130 Å². The Hall–Kier alpha value is -1.06. The van der Waals surface area contributed by atoms with Crippen LogP contribution in [0.4, 0.5) is 0 Å². The molecule has 0 aliphatic heterocycles. The van der Waals surface area contributed by atoms with Crippen molar-refractivity contribution in [2.45, 2.75) is 52.1 Å². The van der Waals surface area contributed by atoms with Crippen LogP contribution in [0.25, 0.3) is 0 Å². The Kier molecular flexibility index (Phi) is 7.20. The standard InChI is InChI=1S/C18H32N2O/c1-7-13-19-17(18(3,4)20(5)6)15-11-9-10-12-16(15)21-14-8-2/h9-12,17,19H,7-8,13-14H2,1-6H3. The number of para-hydroxylation sites is 1. The van der Waals surface area contributed by atoms with Crippen molar-refractivity contribution in [3.63, 3.8) is 0 Å². The Bertz CT molecular complexity index is 415. The SMILES string of the molecule is CCCNC(c1ccccc1OCCC)C(C)(C)N(C)C. The van der Waals surface area contributed by atoms with Crippen LogP contribution in [0.2, 0.25) is 0 Å². The summed E-state index contributed by atoms with van der Waals surface area (Å²) in [5.41, 5.74) is 1.25. The third-order valence-corrected chi connectivity index (χ3v) is 4.15. The zero-order chi connectivity index (χ0) is 15.9. The maximum absolute atomic E-state index is 5.96. The molecule has 0 saturated carbocycles. The first-order valence-electron chi connectivity index (χ1n) is 8.07. The summed E-state index contributed by atoms with van der Waals surface area (Å²) in [4.78, 5) is 2.27. The van der Waals surface area contributed by atoms with Gasteiger partial charge in [-0.25, -0.2) is 0 Å². The number of nitrogens with zero attached hydrogens (tertiary/aromatic N) is 1. The molecule has 1 N–H and O–H groups in total. The van der Waals surface area contributed by atoms with Crippen molar-refractivity contribution in [1.29, 1.82) is 0 Å². The first-order chi connectivity index (χ1) is 9.95. The Morgan fingerprint density at radius 3 is 2.38 bits per heavy atom. The van der Waals surface area contributed by atoms with Gasteiger partial charge in [-0.3, -0.25) is 0 Å². The highest BCUT2D eigenvalue weighted by Gasteiger charge is 2.34. The lowest BCUT2D eigenvalue weighted by molar-refractivity contribution is 0.135. The summed E-state index contributed by atoms with van der Waals surface area (Å²) in [5, 5.41) is 3.70. The third-order valence-electron chi connectivity index (χ3n) is 4.15. The summed E-state index contributed by atoms with van der Waals surface area (Å²) >= 11 is 0. The van der Waals surface area contributed by atoms with Crippen molar-refractivity contribution in [2.24, 2.45) is 0 Å². The molecule has 0 radical (unpaired) electrons. The van der Waals surface area contributed by atoms with Gasteiger partial charge in [0.05, 0.1) is 12.6 Å². The average molecular weight is 292 g/mol. The minimum atomic E-state index is 0.000841. The number of hydrogen-bond donors (Lipinski definition) is 1. The van der Waals surface area contributed by atoms with Crippen molar-refractivity contribution in [1.82, 2.24) is 10.2 Å². The van der Waals surface area contributed by atoms with Gasteiger partial charge in [0.2, 0.25) is 0 Å². The topological polar surface area (TPSA) is 24.5 Å². The number of rotatable bonds is 9. The van der Waals surface area contributed by atoms with Crippen LogP contribution >= 0.6 is 0 Å². The van der Waals surface area contributed by atoms with E-state index in [2.05, 4.69) is 70.2 Å². The van der Waals surface area contributed by atoms with E-state index in [4.69, 9.17) is 4.74 Å². The van der Waals surface area contributed by atoms with Gasteiger partial charge in [0.1, 0.15) is 5.75 Å². The van der Waals surface area contributed by atoms with Gasteiger partial charge in [0.25, 0.3) is 0 Å². The number of likely N-dealkylation sites (N-methyl/N-ethyl adjacent to an activating group) is 1. The van der Waals surface area contributed by atoms with Crippen LogP contribution in [0.1, 0.15) is 52.1 Å². The molecule has 21 heavy (non-hydrogen) atoms.